The van der Waals surface area contributed by atoms with Gasteiger partial charge in [0.25, 0.3) is 0 Å². The summed E-state index contributed by atoms with van der Waals surface area (Å²) in [4.78, 5) is 12.8. The van der Waals surface area contributed by atoms with Gasteiger partial charge < -0.3 is 4.57 Å². The summed E-state index contributed by atoms with van der Waals surface area (Å²) in [6.07, 6.45) is 1.90. The van der Waals surface area contributed by atoms with E-state index in [1.165, 1.54) is 4.90 Å². The van der Waals surface area contributed by atoms with Crippen LogP contribution in [0.15, 0.2) is 40.2 Å². The van der Waals surface area contributed by atoms with Gasteiger partial charge in [0, 0.05) is 34.8 Å². The molecule has 0 saturated heterocycles. The van der Waals surface area contributed by atoms with Gasteiger partial charge in [-0.3, -0.25) is 4.79 Å². The fraction of sp³-hybridized carbons (Fsp3) is 0.182. The van der Waals surface area contributed by atoms with Crippen LogP contribution < -0.4 is 5.43 Å². The molecule has 0 fully saturated rings. The van der Waals surface area contributed by atoms with Crippen LogP contribution >= 0.6 is 11.8 Å². The Balaban J connectivity index is 2.57. The molecule has 0 bridgehead atoms. The zero-order valence-corrected chi connectivity index (χ0v) is 8.38. The Morgan fingerprint density at radius 3 is 3.14 bits per heavy atom. The zero-order valence-electron chi connectivity index (χ0n) is 7.56. The highest BCUT2D eigenvalue weighted by atomic mass is 32.2. The topological polar surface area (TPSA) is 22.0 Å². The van der Waals surface area contributed by atoms with Crippen LogP contribution in [0.5, 0.6) is 0 Å². The van der Waals surface area contributed by atoms with Crippen molar-refractivity contribution in [3.63, 3.8) is 0 Å². The number of pyridine rings is 1. The average Bonchev–Trinajstić information content (AvgIpc) is 2.24. The Morgan fingerprint density at radius 1 is 1.29 bits per heavy atom. The highest BCUT2D eigenvalue weighted by Crippen LogP contribution is 2.30. The van der Waals surface area contributed by atoms with Crippen LogP contribution in [-0.4, -0.2) is 10.3 Å². The SMILES string of the molecule is O=c1ccn2c3c(cccc13)SCC2. The number of aryl methyl sites for hydroxylation is 1. The van der Waals surface area contributed by atoms with Gasteiger partial charge in [-0.15, -0.1) is 11.8 Å². The van der Waals surface area contributed by atoms with E-state index in [0.717, 1.165) is 23.2 Å². The molecule has 2 heterocycles. The van der Waals surface area contributed by atoms with Gasteiger partial charge in [-0.05, 0) is 12.1 Å². The van der Waals surface area contributed by atoms with E-state index < -0.39 is 0 Å². The molecular formula is C11H9NOS. The summed E-state index contributed by atoms with van der Waals surface area (Å²) in [5.41, 5.74) is 1.23. The second-order valence-corrected chi connectivity index (χ2v) is 4.51. The van der Waals surface area contributed by atoms with Gasteiger partial charge in [0.15, 0.2) is 5.43 Å². The van der Waals surface area contributed by atoms with Crippen LogP contribution in [0.25, 0.3) is 10.9 Å². The van der Waals surface area contributed by atoms with E-state index >= 15 is 0 Å². The Hall–Kier alpha value is -1.22. The molecule has 2 aromatic rings. The molecule has 3 rings (SSSR count). The molecule has 1 aromatic carbocycles. The van der Waals surface area contributed by atoms with Gasteiger partial charge >= 0.3 is 0 Å². The molecule has 1 aliphatic rings. The summed E-state index contributed by atoms with van der Waals surface area (Å²) >= 11 is 1.83. The minimum absolute atomic E-state index is 0.126. The minimum Gasteiger partial charge on any atom is -0.345 e. The first kappa shape index (κ1) is 8.12. The van der Waals surface area contributed by atoms with Gasteiger partial charge in [-0.25, -0.2) is 0 Å². The van der Waals surface area contributed by atoms with Gasteiger partial charge in [-0.2, -0.15) is 0 Å². The Bertz CT molecular complexity index is 548. The lowest BCUT2D eigenvalue weighted by atomic mass is 10.2. The number of nitrogens with zero attached hydrogens (tertiary/aromatic N) is 1. The van der Waals surface area contributed by atoms with Crippen molar-refractivity contribution in [3.05, 3.63) is 40.7 Å². The van der Waals surface area contributed by atoms with Crippen LogP contribution in [0.1, 0.15) is 0 Å². The minimum atomic E-state index is 0.126. The van der Waals surface area contributed by atoms with E-state index in [-0.39, 0.29) is 5.43 Å². The van der Waals surface area contributed by atoms with Crippen molar-refractivity contribution in [2.24, 2.45) is 0 Å². The van der Waals surface area contributed by atoms with Gasteiger partial charge in [0.05, 0.1) is 5.52 Å². The number of hydrogen-bond acceptors (Lipinski definition) is 2. The van der Waals surface area contributed by atoms with E-state index in [2.05, 4.69) is 10.6 Å². The fourth-order valence-corrected chi connectivity index (χ4v) is 2.94. The number of para-hydroxylation sites is 1. The van der Waals surface area contributed by atoms with Crippen LogP contribution in [0.2, 0.25) is 0 Å². The molecule has 2 nitrogen and oxygen atoms in total. The van der Waals surface area contributed by atoms with E-state index in [9.17, 15) is 4.79 Å². The first-order chi connectivity index (χ1) is 6.86. The number of aromatic nitrogens is 1. The van der Waals surface area contributed by atoms with E-state index in [0.29, 0.717) is 0 Å². The smallest absolute Gasteiger partial charge is 0.189 e. The molecule has 0 amide bonds. The quantitative estimate of drug-likeness (QED) is 0.654. The lowest BCUT2D eigenvalue weighted by Gasteiger charge is -2.18. The Kier molecular flexibility index (Phi) is 1.67. The molecule has 0 unspecified atom stereocenters. The second-order valence-electron chi connectivity index (χ2n) is 3.37. The number of hydrogen-bond donors (Lipinski definition) is 0. The molecule has 0 radical (unpaired) electrons. The lowest BCUT2D eigenvalue weighted by molar-refractivity contribution is 0.781. The van der Waals surface area contributed by atoms with Crippen LogP contribution in [0.3, 0.4) is 0 Å². The number of rotatable bonds is 0. The molecule has 0 aliphatic carbocycles. The highest BCUT2D eigenvalue weighted by molar-refractivity contribution is 7.99. The molecule has 1 aliphatic heterocycles. The van der Waals surface area contributed by atoms with Crippen molar-refractivity contribution in [3.8, 4) is 0 Å². The summed E-state index contributed by atoms with van der Waals surface area (Å²) in [7, 11) is 0. The third-order valence-corrected chi connectivity index (χ3v) is 3.57. The monoisotopic (exact) mass is 203 g/mol. The summed E-state index contributed by atoms with van der Waals surface area (Å²) in [5, 5.41) is 0.845. The second kappa shape index (κ2) is 2.89. The van der Waals surface area contributed by atoms with Crippen molar-refractivity contribution in [1.29, 1.82) is 0 Å². The number of benzene rings is 1. The highest BCUT2D eigenvalue weighted by Gasteiger charge is 2.11. The molecule has 0 atom stereocenters. The molecule has 0 spiro atoms. The first-order valence-electron chi connectivity index (χ1n) is 4.61. The lowest BCUT2D eigenvalue weighted by Crippen LogP contribution is -2.13. The molecule has 0 saturated carbocycles. The summed E-state index contributed by atoms with van der Waals surface area (Å²) in [5.74, 6) is 1.09. The van der Waals surface area contributed by atoms with E-state index in [4.69, 9.17) is 0 Å². The average molecular weight is 203 g/mol. The maximum atomic E-state index is 11.6. The predicted molar refractivity (Wildman–Crippen MR) is 58.9 cm³/mol. The molecule has 0 N–H and O–H groups in total. The van der Waals surface area contributed by atoms with E-state index in [1.54, 1.807) is 6.07 Å². The Morgan fingerprint density at radius 2 is 2.21 bits per heavy atom. The van der Waals surface area contributed by atoms with E-state index in [1.807, 2.05) is 30.1 Å². The molecule has 1 aromatic heterocycles. The van der Waals surface area contributed by atoms with Gasteiger partial charge in [0.1, 0.15) is 0 Å². The fourth-order valence-electron chi connectivity index (χ4n) is 1.90. The van der Waals surface area contributed by atoms with Crippen LogP contribution in [-0.2, 0) is 6.54 Å². The predicted octanol–water partition coefficient (Wildman–Crippen LogP) is 2.11. The van der Waals surface area contributed by atoms with Crippen molar-refractivity contribution in [2.75, 3.05) is 5.75 Å². The third kappa shape index (κ3) is 1.02. The molecular weight excluding hydrogens is 194 g/mol. The van der Waals surface area contributed by atoms with Crippen molar-refractivity contribution >= 4 is 22.7 Å². The maximum Gasteiger partial charge on any atom is 0.189 e. The molecule has 70 valence electrons. The largest absolute Gasteiger partial charge is 0.345 e. The summed E-state index contributed by atoms with van der Waals surface area (Å²) in [6.45, 7) is 0.998. The Labute approximate surface area is 85.6 Å². The maximum absolute atomic E-state index is 11.6. The summed E-state index contributed by atoms with van der Waals surface area (Å²) in [6, 6.07) is 7.61. The third-order valence-electron chi connectivity index (χ3n) is 2.55. The van der Waals surface area contributed by atoms with Crippen molar-refractivity contribution in [2.45, 2.75) is 11.4 Å². The van der Waals surface area contributed by atoms with Gasteiger partial charge in [-0.1, -0.05) is 6.07 Å². The van der Waals surface area contributed by atoms with Crippen LogP contribution in [0, 0.1) is 0 Å². The summed E-state index contributed by atoms with van der Waals surface area (Å²) < 4.78 is 2.17. The normalized spacial score (nSPS) is 14.6. The van der Waals surface area contributed by atoms with Crippen molar-refractivity contribution < 1.29 is 0 Å². The molecule has 3 heteroatoms. The first-order valence-corrected chi connectivity index (χ1v) is 5.60. The number of thioether (sulfide) groups is 1. The van der Waals surface area contributed by atoms with Crippen LogP contribution in [0.4, 0.5) is 0 Å². The van der Waals surface area contributed by atoms with Crippen molar-refractivity contribution in [1.82, 2.24) is 4.57 Å². The zero-order chi connectivity index (χ0) is 9.54. The molecule has 14 heavy (non-hydrogen) atoms. The van der Waals surface area contributed by atoms with Gasteiger partial charge in [0.2, 0.25) is 0 Å². The standard InChI is InChI=1S/C11H9NOS/c13-9-4-5-12-6-7-14-10-3-1-2-8(9)11(10)12/h1-5H,6-7H2.